The molecule has 0 aromatic heterocycles. The number of fused-ring (bicyclic) bond motifs is 2. The van der Waals surface area contributed by atoms with Crippen LogP contribution in [-0.4, -0.2) is 36.2 Å². The second-order valence-electron chi connectivity index (χ2n) is 8.11. The lowest BCUT2D eigenvalue weighted by Crippen LogP contribution is -2.51. The molecule has 10 heteroatoms. The zero-order chi connectivity index (χ0) is 24.7. The van der Waals surface area contributed by atoms with Crippen LogP contribution < -0.4 is 15.0 Å². The Morgan fingerprint density at radius 1 is 1.09 bits per heavy atom. The van der Waals surface area contributed by atoms with E-state index in [1.165, 1.54) is 52.9 Å². The van der Waals surface area contributed by atoms with Gasteiger partial charge in [0.15, 0.2) is 16.5 Å². The van der Waals surface area contributed by atoms with Crippen LogP contribution in [0.15, 0.2) is 60.7 Å². The molecule has 1 N–H and O–H groups in total. The highest BCUT2D eigenvalue weighted by Crippen LogP contribution is 2.55. The van der Waals surface area contributed by atoms with Crippen LogP contribution >= 0.6 is 11.8 Å². The summed E-state index contributed by atoms with van der Waals surface area (Å²) >= 11 is 1.30. The third-order valence-electron chi connectivity index (χ3n) is 6.05. The van der Waals surface area contributed by atoms with Crippen LogP contribution in [0.25, 0.3) is 0 Å². The summed E-state index contributed by atoms with van der Waals surface area (Å²) in [6, 6.07) is 13.5. The van der Waals surface area contributed by atoms with E-state index in [1.807, 2.05) is 0 Å². The van der Waals surface area contributed by atoms with Crippen molar-refractivity contribution in [2.45, 2.75) is 11.4 Å². The zero-order valence-electron chi connectivity index (χ0n) is 18.6. The van der Waals surface area contributed by atoms with E-state index in [4.69, 9.17) is 4.74 Å². The normalized spacial score (nSPS) is 18.8. The van der Waals surface area contributed by atoms with Crippen LogP contribution in [0.4, 0.5) is 29.3 Å². The van der Waals surface area contributed by atoms with E-state index in [1.54, 1.807) is 24.3 Å². The average Bonchev–Trinajstić information content (AvgIpc) is 3.38. The highest BCUT2D eigenvalue weighted by atomic mass is 32.2. The Bertz CT molecular complexity index is 1340. The summed E-state index contributed by atoms with van der Waals surface area (Å²) in [7, 11) is 1.50. The Balaban J connectivity index is 1.55. The summed E-state index contributed by atoms with van der Waals surface area (Å²) < 4.78 is 46.3. The van der Waals surface area contributed by atoms with Gasteiger partial charge in [0.1, 0.15) is 11.6 Å². The van der Waals surface area contributed by atoms with Crippen LogP contribution in [0.2, 0.25) is 0 Å². The number of thioether (sulfide) groups is 1. The molecule has 35 heavy (non-hydrogen) atoms. The number of urea groups is 1. The predicted molar refractivity (Wildman–Crippen MR) is 127 cm³/mol. The molecule has 5 rings (SSSR count). The quantitative estimate of drug-likeness (QED) is 0.543. The number of methoxy groups -OCH3 is 1. The highest BCUT2D eigenvalue weighted by Gasteiger charge is 2.59. The molecule has 180 valence electrons. The number of nitrogens with one attached hydrogen (secondary N) is 1. The first-order chi connectivity index (χ1) is 16.8. The first kappa shape index (κ1) is 23.1. The molecule has 0 unspecified atom stereocenters. The van der Waals surface area contributed by atoms with Crippen LogP contribution in [-0.2, 0) is 16.2 Å². The van der Waals surface area contributed by atoms with Gasteiger partial charge in [-0.15, -0.1) is 11.8 Å². The number of benzene rings is 3. The van der Waals surface area contributed by atoms with E-state index in [-0.39, 0.29) is 24.7 Å². The van der Waals surface area contributed by atoms with Gasteiger partial charge >= 0.3 is 6.03 Å². The minimum Gasteiger partial charge on any atom is -0.497 e. The van der Waals surface area contributed by atoms with Gasteiger partial charge in [-0.2, -0.15) is 0 Å². The lowest BCUT2D eigenvalue weighted by atomic mass is 10.1. The number of ether oxygens (including phenoxy) is 1. The second-order valence-corrected chi connectivity index (χ2v) is 9.40. The number of halogens is 3. The van der Waals surface area contributed by atoms with Gasteiger partial charge in [-0.1, -0.05) is 12.1 Å². The van der Waals surface area contributed by atoms with E-state index in [2.05, 4.69) is 5.32 Å². The summed E-state index contributed by atoms with van der Waals surface area (Å²) in [6.07, 6.45) is 0. The minimum absolute atomic E-state index is 0.0168. The van der Waals surface area contributed by atoms with Crippen molar-refractivity contribution in [2.75, 3.05) is 29.6 Å². The molecule has 0 bridgehead atoms. The van der Waals surface area contributed by atoms with Crippen LogP contribution in [0.5, 0.6) is 5.75 Å². The third kappa shape index (κ3) is 3.87. The molecule has 1 spiro atoms. The van der Waals surface area contributed by atoms with Gasteiger partial charge in [0.2, 0.25) is 0 Å². The molecular formula is C25H20F3N3O3S. The van der Waals surface area contributed by atoms with Gasteiger partial charge in [-0.05, 0) is 54.1 Å². The molecule has 3 aromatic rings. The molecule has 0 radical (unpaired) electrons. The molecule has 1 atom stereocenters. The van der Waals surface area contributed by atoms with Gasteiger partial charge < -0.3 is 15.0 Å². The largest absolute Gasteiger partial charge is 0.497 e. The number of rotatable bonds is 4. The number of amides is 3. The Labute approximate surface area is 203 Å². The van der Waals surface area contributed by atoms with Gasteiger partial charge in [0.05, 0.1) is 19.3 Å². The van der Waals surface area contributed by atoms with E-state index in [0.29, 0.717) is 28.3 Å². The molecule has 2 aliphatic rings. The molecule has 0 aliphatic carbocycles. The van der Waals surface area contributed by atoms with Crippen molar-refractivity contribution >= 4 is 35.1 Å². The SMILES string of the molecule is COc1ccc2c(c1)[C@]1(SCCN1C(=O)Nc1cccc(F)c1)C(=O)N2Cc1ccc(F)c(F)c1. The van der Waals surface area contributed by atoms with E-state index in [9.17, 15) is 22.8 Å². The lowest BCUT2D eigenvalue weighted by Gasteiger charge is -2.33. The third-order valence-corrected chi connectivity index (χ3v) is 7.47. The number of nitrogens with zero attached hydrogens (tertiary/aromatic N) is 2. The summed E-state index contributed by atoms with van der Waals surface area (Å²) in [5.74, 6) is -1.89. The van der Waals surface area contributed by atoms with Gasteiger partial charge in [0.25, 0.3) is 5.91 Å². The van der Waals surface area contributed by atoms with E-state index >= 15 is 0 Å². The maximum absolute atomic E-state index is 14.0. The topological polar surface area (TPSA) is 61.9 Å². The fraction of sp³-hybridized carbons (Fsp3) is 0.200. The standard InChI is InChI=1S/C25H20F3N3O3S/c1-34-18-6-8-22-19(13-18)25(23(32)30(22)14-15-5-7-20(27)21(28)11-15)31(9-10-35-25)24(33)29-17-4-2-3-16(26)12-17/h2-8,11-13H,9-10,14H2,1H3,(H,29,33)/t25-/m0/s1. The Kier molecular flexibility index (Phi) is 5.84. The van der Waals surface area contributed by atoms with Crippen LogP contribution in [0.1, 0.15) is 11.1 Å². The molecule has 3 amide bonds. The molecule has 2 aliphatic heterocycles. The van der Waals surface area contributed by atoms with Crippen LogP contribution in [0, 0.1) is 17.5 Å². The molecular weight excluding hydrogens is 479 g/mol. The van der Waals surface area contributed by atoms with Crippen molar-refractivity contribution in [2.24, 2.45) is 0 Å². The fourth-order valence-corrected chi connectivity index (χ4v) is 5.91. The fourth-order valence-electron chi connectivity index (χ4n) is 4.46. The first-order valence-electron chi connectivity index (χ1n) is 10.8. The smallest absolute Gasteiger partial charge is 0.323 e. The van der Waals surface area contributed by atoms with Crippen molar-refractivity contribution in [1.82, 2.24) is 4.90 Å². The summed E-state index contributed by atoms with van der Waals surface area (Å²) in [5, 5.41) is 2.67. The molecule has 0 saturated carbocycles. The maximum atomic E-state index is 14.0. The van der Waals surface area contributed by atoms with E-state index < -0.39 is 28.4 Å². The van der Waals surface area contributed by atoms with Crippen LogP contribution in [0.3, 0.4) is 0 Å². The predicted octanol–water partition coefficient (Wildman–Crippen LogP) is 5.09. The average molecular weight is 500 g/mol. The molecule has 1 fully saturated rings. The van der Waals surface area contributed by atoms with E-state index in [0.717, 1.165) is 12.1 Å². The molecule has 6 nitrogen and oxygen atoms in total. The van der Waals surface area contributed by atoms with Crippen molar-refractivity contribution in [3.05, 3.63) is 89.2 Å². The summed E-state index contributed by atoms with van der Waals surface area (Å²) in [6.45, 7) is 0.254. The first-order valence-corrected chi connectivity index (χ1v) is 11.7. The highest BCUT2D eigenvalue weighted by molar-refractivity contribution is 8.01. The molecule has 3 aromatic carbocycles. The number of hydrogen-bond acceptors (Lipinski definition) is 4. The molecule has 1 saturated heterocycles. The Hall–Kier alpha value is -3.66. The van der Waals surface area contributed by atoms with Crippen molar-refractivity contribution in [3.8, 4) is 5.75 Å². The van der Waals surface area contributed by atoms with Crippen molar-refractivity contribution < 1.29 is 27.5 Å². The molecule has 2 heterocycles. The zero-order valence-corrected chi connectivity index (χ0v) is 19.4. The Morgan fingerprint density at radius 2 is 1.91 bits per heavy atom. The number of hydrogen-bond donors (Lipinski definition) is 1. The number of anilines is 2. The monoisotopic (exact) mass is 499 g/mol. The lowest BCUT2D eigenvalue weighted by molar-refractivity contribution is -0.123. The second kappa shape index (κ2) is 8.84. The number of carbonyl (C=O) groups excluding carboxylic acids is 2. The van der Waals surface area contributed by atoms with Crippen molar-refractivity contribution in [3.63, 3.8) is 0 Å². The van der Waals surface area contributed by atoms with Gasteiger partial charge in [0, 0.05) is 23.5 Å². The summed E-state index contributed by atoms with van der Waals surface area (Å²) in [4.78, 5) is 28.8. The number of carbonyl (C=O) groups is 2. The summed E-state index contributed by atoms with van der Waals surface area (Å²) in [5.41, 5.74) is 1.76. The van der Waals surface area contributed by atoms with Gasteiger partial charge in [-0.25, -0.2) is 18.0 Å². The minimum atomic E-state index is -1.39. The van der Waals surface area contributed by atoms with Gasteiger partial charge in [-0.3, -0.25) is 9.69 Å². The maximum Gasteiger partial charge on any atom is 0.323 e. The van der Waals surface area contributed by atoms with Crippen molar-refractivity contribution in [1.29, 1.82) is 0 Å². The Morgan fingerprint density at radius 3 is 2.66 bits per heavy atom.